The summed E-state index contributed by atoms with van der Waals surface area (Å²) in [7, 11) is 9.90. The van der Waals surface area contributed by atoms with Gasteiger partial charge in [-0.2, -0.15) is 0 Å². The first-order chi connectivity index (χ1) is 28.2. The number of alkyl halides is 2. The fraction of sp³-hybridized carbons (Fsp3) is 0.463. The van der Waals surface area contributed by atoms with Crippen LogP contribution in [0, 0.1) is 11.8 Å². The summed E-state index contributed by atoms with van der Waals surface area (Å²) < 4.78 is 13.5. The molecule has 0 saturated carbocycles. The second-order valence-electron chi connectivity index (χ2n) is 13.8. The molecule has 0 amide bonds. The van der Waals surface area contributed by atoms with E-state index in [-0.39, 0.29) is 59.0 Å². The second kappa shape index (κ2) is 27.1. The van der Waals surface area contributed by atoms with E-state index in [1.54, 1.807) is 12.1 Å². The fourth-order valence-electron chi connectivity index (χ4n) is 7.75. The van der Waals surface area contributed by atoms with Gasteiger partial charge in [-0.25, -0.2) is 0 Å². The SMILES string of the molecule is C/C=C1\C2C=C(C)CC1(N)c1ccc(=O)[nH]c1C2.C/C=C1\C2C=C(C)CC1(NCOC(C)=O)c1ccc(=O)[nH]c1C2.CC(=O)Cl.CC(=O)OCCl.CC(=O)OCCl.[Cl][Zn][Cl]. The molecule has 2 heterocycles. The number of hydrogen-bond donors (Lipinski definition) is 4. The van der Waals surface area contributed by atoms with Crippen molar-refractivity contribution >= 4 is 77.3 Å². The monoisotopic (exact) mass is 984 g/mol. The molecule has 2 aromatic heterocycles. The number of nitrogens with two attached hydrogens (primary N) is 1. The van der Waals surface area contributed by atoms with Crippen LogP contribution < -0.4 is 22.2 Å². The van der Waals surface area contributed by atoms with Crippen molar-refractivity contribution in [3.05, 3.63) is 114 Å². The van der Waals surface area contributed by atoms with E-state index in [0.717, 1.165) is 48.2 Å². The van der Waals surface area contributed by atoms with Gasteiger partial charge in [0.25, 0.3) is 0 Å². The van der Waals surface area contributed by atoms with E-state index in [2.05, 4.69) is 81.4 Å². The predicted molar refractivity (Wildman–Crippen MR) is 233 cm³/mol. The van der Waals surface area contributed by atoms with Crippen molar-refractivity contribution in [2.24, 2.45) is 17.6 Å². The molecule has 0 aromatic carbocycles. The molecule has 6 rings (SSSR count). The molecule has 0 saturated heterocycles. The normalized spacial score (nSPS) is 22.2. The molecule has 4 unspecified atom stereocenters. The molecular formula is C41H53Cl5N4O9Zn. The van der Waals surface area contributed by atoms with E-state index in [4.69, 9.17) is 53.1 Å². The molecule has 5 N–H and O–H groups in total. The zero-order valence-electron chi connectivity index (χ0n) is 35.1. The Labute approximate surface area is 381 Å². The summed E-state index contributed by atoms with van der Waals surface area (Å²) in [6.45, 7) is 13.8. The van der Waals surface area contributed by atoms with E-state index in [9.17, 15) is 28.8 Å². The quantitative estimate of drug-likeness (QED) is 0.0434. The number of hydrogen-bond acceptors (Lipinski definition) is 11. The van der Waals surface area contributed by atoms with Crippen molar-refractivity contribution < 1.29 is 48.5 Å². The number of aromatic amines is 2. The molecule has 4 aliphatic rings. The first-order valence-electron chi connectivity index (χ1n) is 18.7. The molecule has 0 radical (unpaired) electrons. The molecule has 328 valence electrons. The van der Waals surface area contributed by atoms with Gasteiger partial charge in [0.2, 0.25) is 16.4 Å². The minimum atomic E-state index is -0.931. The zero-order valence-corrected chi connectivity index (χ0v) is 41.8. The van der Waals surface area contributed by atoms with E-state index >= 15 is 0 Å². The molecule has 0 aliphatic heterocycles. The Morgan fingerprint density at radius 1 is 0.767 bits per heavy atom. The molecule has 19 heteroatoms. The summed E-state index contributed by atoms with van der Waals surface area (Å²) in [4.78, 5) is 68.9. The van der Waals surface area contributed by atoms with Crippen LogP contribution >= 0.6 is 54.2 Å². The van der Waals surface area contributed by atoms with Crippen LogP contribution in [0.15, 0.2) is 80.5 Å². The van der Waals surface area contributed by atoms with Gasteiger partial charge in [0.1, 0.15) is 6.73 Å². The first-order valence-corrected chi connectivity index (χ1v) is 27.9. The van der Waals surface area contributed by atoms with Crippen LogP contribution in [0.25, 0.3) is 0 Å². The van der Waals surface area contributed by atoms with Gasteiger partial charge in [0.15, 0.2) is 12.1 Å². The van der Waals surface area contributed by atoms with Gasteiger partial charge in [-0.3, -0.25) is 34.1 Å². The van der Waals surface area contributed by atoms with Gasteiger partial charge in [-0.05, 0) is 99.4 Å². The number of nitrogens with one attached hydrogen (secondary N) is 3. The third-order valence-corrected chi connectivity index (χ3v) is 9.67. The summed E-state index contributed by atoms with van der Waals surface area (Å²) in [6.07, 6.45) is 12.1. The van der Waals surface area contributed by atoms with Crippen molar-refractivity contribution in [2.75, 3.05) is 18.9 Å². The Balaban J connectivity index is 0.000000428. The van der Waals surface area contributed by atoms with Gasteiger partial charge in [-0.15, -0.1) is 0 Å². The van der Waals surface area contributed by atoms with Crippen LogP contribution in [0.3, 0.4) is 0 Å². The van der Waals surface area contributed by atoms with Crippen LogP contribution in [0.5, 0.6) is 0 Å². The average molecular weight is 989 g/mol. The Bertz CT molecular complexity index is 2030. The number of carbonyl (C=O) groups is 4. The molecule has 4 aliphatic carbocycles. The number of carbonyl (C=O) groups excluding carboxylic acids is 4. The van der Waals surface area contributed by atoms with E-state index in [0.29, 0.717) is 5.92 Å². The molecule has 60 heavy (non-hydrogen) atoms. The van der Waals surface area contributed by atoms with E-state index < -0.39 is 26.2 Å². The molecular weight excluding hydrogens is 935 g/mol. The number of aromatic nitrogens is 2. The van der Waals surface area contributed by atoms with Crippen LogP contribution in [0.2, 0.25) is 0 Å². The fourth-order valence-corrected chi connectivity index (χ4v) is 8.06. The standard InChI is InChI=1S/C18H22N2O3.C15H18N2O.2C3H5ClO2.C2H3ClO.2ClH.Zn/c1-4-14-13-7-11(2)9-18(14,19-10-23-12(3)21)15-5-6-17(22)20-16(15)8-13;1-3-11-10-6-9(2)8-15(11,16)12-4-5-14(18)17-13(12)7-10;2*1-3(5)6-2-4;1-2(3)4;;;/h4-7,13,19H,8-10H2,1-3H3,(H,20,22);3-6,10H,7-8,16H2,1-2H3,(H,17,18);2*2H2,1H3;1H3;2*1H;/q;;;;;;;+2/p-2/b14-4+;11-3+;;;;;;. The Morgan fingerprint density at radius 2 is 1.17 bits per heavy atom. The molecule has 4 bridgehead atoms. The summed E-state index contributed by atoms with van der Waals surface area (Å²) >= 11 is 13.6. The van der Waals surface area contributed by atoms with Gasteiger partial charge in [0, 0.05) is 63.1 Å². The van der Waals surface area contributed by atoms with E-state index in [1.807, 2.05) is 19.1 Å². The zero-order chi connectivity index (χ0) is 45.8. The second-order valence-corrected chi connectivity index (χ2v) is 19.4. The van der Waals surface area contributed by atoms with Crippen LogP contribution in [-0.4, -0.2) is 52.0 Å². The summed E-state index contributed by atoms with van der Waals surface area (Å²) in [5.41, 5.74) is 15.0. The van der Waals surface area contributed by atoms with E-state index in [1.165, 1.54) is 50.0 Å². The van der Waals surface area contributed by atoms with Gasteiger partial charge >= 0.3 is 52.4 Å². The summed E-state index contributed by atoms with van der Waals surface area (Å²) in [5, 5.41) is 3.07. The molecule has 13 nitrogen and oxygen atoms in total. The minimum absolute atomic E-state index is 0.0416. The van der Waals surface area contributed by atoms with Crippen LogP contribution in [0.1, 0.15) is 90.7 Å². The third-order valence-electron chi connectivity index (χ3n) is 9.46. The number of fused-ring (bicyclic) bond motifs is 8. The number of ether oxygens (including phenoxy) is 3. The topological polar surface area (TPSA) is 200 Å². The molecule has 4 atom stereocenters. The number of halogens is 5. The Hall–Kier alpha value is -3.07. The maximum atomic E-state index is 11.7. The molecule has 2 aromatic rings. The van der Waals surface area contributed by atoms with Crippen molar-refractivity contribution in [1.29, 1.82) is 0 Å². The number of H-pyrrole nitrogens is 2. The first kappa shape index (κ1) is 55.0. The summed E-state index contributed by atoms with van der Waals surface area (Å²) in [5.74, 6) is -0.411. The van der Waals surface area contributed by atoms with Crippen molar-refractivity contribution in [2.45, 2.75) is 92.2 Å². The Morgan fingerprint density at radius 3 is 1.57 bits per heavy atom. The van der Waals surface area contributed by atoms with Crippen LogP contribution in [-0.2, 0) is 72.5 Å². The number of rotatable bonds is 5. The average Bonchev–Trinajstić information content (AvgIpc) is 3.11. The Kier molecular flexibility index (Phi) is 24.8. The number of esters is 3. The van der Waals surface area contributed by atoms with Gasteiger partial charge in [0.05, 0.1) is 11.1 Å². The number of allylic oxidation sites excluding steroid dienone is 4. The van der Waals surface area contributed by atoms with Gasteiger partial charge in [-0.1, -0.05) is 58.7 Å². The predicted octanol–water partition coefficient (Wildman–Crippen LogP) is 7.79. The van der Waals surface area contributed by atoms with Crippen LogP contribution in [0.4, 0.5) is 0 Å². The molecule has 0 fully saturated rings. The van der Waals surface area contributed by atoms with Crippen molar-refractivity contribution in [3.8, 4) is 0 Å². The summed E-state index contributed by atoms with van der Waals surface area (Å²) in [6, 6.07) is 6.84. The maximum absolute atomic E-state index is 11.7. The van der Waals surface area contributed by atoms with Crippen molar-refractivity contribution in [3.63, 3.8) is 0 Å². The van der Waals surface area contributed by atoms with Gasteiger partial charge < -0.3 is 29.9 Å². The molecule has 0 spiro atoms. The van der Waals surface area contributed by atoms with Crippen molar-refractivity contribution in [1.82, 2.24) is 15.3 Å². The number of pyridine rings is 2. The third kappa shape index (κ3) is 16.7.